The maximum atomic E-state index is 12.2. The smallest absolute Gasteiger partial charge is 0.258 e. The largest absolute Gasteiger partial charge is 0.479 e. The molecule has 100 valence electrons. The first-order valence-corrected chi connectivity index (χ1v) is 6.50. The molecule has 0 aliphatic heterocycles. The lowest BCUT2D eigenvalue weighted by Crippen LogP contribution is -2.41. The molecule has 0 bridgehead atoms. The van der Waals surface area contributed by atoms with Gasteiger partial charge >= 0.3 is 0 Å². The Morgan fingerprint density at radius 1 is 1.50 bits per heavy atom. The number of hydrogen-bond acceptors (Lipinski definition) is 3. The van der Waals surface area contributed by atoms with Gasteiger partial charge < -0.3 is 10.1 Å². The van der Waals surface area contributed by atoms with E-state index in [0.29, 0.717) is 17.4 Å². The Labute approximate surface area is 108 Å². The Hall–Kier alpha value is -1.52. The molecular formula is C13H21N3O2. The van der Waals surface area contributed by atoms with Crippen molar-refractivity contribution in [2.45, 2.75) is 38.6 Å². The van der Waals surface area contributed by atoms with Gasteiger partial charge in [-0.3, -0.25) is 9.48 Å². The van der Waals surface area contributed by atoms with E-state index in [0.717, 1.165) is 6.42 Å². The monoisotopic (exact) mass is 251 g/mol. The minimum atomic E-state index is -0.0845. The Morgan fingerprint density at radius 3 is 2.89 bits per heavy atom. The van der Waals surface area contributed by atoms with Crippen LogP contribution in [0, 0.1) is 5.92 Å². The van der Waals surface area contributed by atoms with Crippen LogP contribution in [0.2, 0.25) is 0 Å². The molecule has 1 aliphatic carbocycles. The number of amides is 1. The number of aryl methyl sites for hydroxylation is 1. The lowest BCUT2D eigenvalue weighted by molar-refractivity contribution is 0.0907. The average Bonchev–Trinajstić information content (AvgIpc) is 2.73. The second-order valence-electron chi connectivity index (χ2n) is 5.07. The van der Waals surface area contributed by atoms with Crippen LogP contribution < -0.4 is 10.1 Å². The summed E-state index contributed by atoms with van der Waals surface area (Å²) in [6.07, 6.45) is 6.41. The molecule has 1 aromatic rings. The summed E-state index contributed by atoms with van der Waals surface area (Å²) >= 11 is 0. The van der Waals surface area contributed by atoms with Crippen LogP contribution in [0.1, 0.15) is 43.0 Å². The van der Waals surface area contributed by atoms with Gasteiger partial charge in [0.15, 0.2) is 0 Å². The molecule has 1 N–H and O–H groups in total. The molecule has 18 heavy (non-hydrogen) atoms. The van der Waals surface area contributed by atoms with Gasteiger partial charge in [0.05, 0.1) is 7.11 Å². The van der Waals surface area contributed by atoms with Gasteiger partial charge in [0.2, 0.25) is 5.88 Å². The molecule has 0 aromatic carbocycles. The van der Waals surface area contributed by atoms with Crippen molar-refractivity contribution in [3.8, 4) is 5.88 Å². The van der Waals surface area contributed by atoms with Crippen LogP contribution in [0.4, 0.5) is 0 Å². The van der Waals surface area contributed by atoms with E-state index in [4.69, 9.17) is 4.74 Å². The van der Waals surface area contributed by atoms with Crippen molar-refractivity contribution in [1.82, 2.24) is 15.1 Å². The van der Waals surface area contributed by atoms with Crippen LogP contribution in [0.3, 0.4) is 0 Å². The van der Waals surface area contributed by atoms with Gasteiger partial charge in [0.25, 0.3) is 5.91 Å². The third kappa shape index (κ3) is 2.66. The molecule has 1 aromatic heterocycles. The number of nitrogens with zero attached hydrogens (tertiary/aromatic N) is 2. The number of carbonyl (C=O) groups excluding carboxylic acids is 1. The number of carbonyl (C=O) groups is 1. The second kappa shape index (κ2) is 5.42. The van der Waals surface area contributed by atoms with E-state index in [9.17, 15) is 4.79 Å². The van der Waals surface area contributed by atoms with Gasteiger partial charge in [-0.2, -0.15) is 0 Å². The second-order valence-corrected chi connectivity index (χ2v) is 5.07. The van der Waals surface area contributed by atoms with Crippen LogP contribution in [0.15, 0.2) is 6.20 Å². The molecule has 0 spiro atoms. The maximum absolute atomic E-state index is 12.2. The topological polar surface area (TPSA) is 56.2 Å². The summed E-state index contributed by atoms with van der Waals surface area (Å²) in [5, 5.41) is 7.20. The van der Waals surface area contributed by atoms with Crippen molar-refractivity contribution in [3.63, 3.8) is 0 Å². The van der Waals surface area contributed by atoms with Gasteiger partial charge in [-0.25, -0.2) is 0 Å². The summed E-state index contributed by atoms with van der Waals surface area (Å²) in [5.41, 5.74) is 0.512. The first-order valence-electron chi connectivity index (χ1n) is 6.50. The Bertz CT molecular complexity index is 428. The highest BCUT2D eigenvalue weighted by atomic mass is 16.5. The number of aromatic nitrogens is 2. The minimum Gasteiger partial charge on any atom is -0.479 e. The van der Waals surface area contributed by atoms with E-state index < -0.39 is 0 Å². The van der Waals surface area contributed by atoms with Gasteiger partial charge in [-0.1, -0.05) is 19.8 Å². The van der Waals surface area contributed by atoms with Crippen LogP contribution in [0.5, 0.6) is 5.88 Å². The van der Waals surface area contributed by atoms with E-state index in [1.165, 1.54) is 26.4 Å². The normalized spacial score (nSPS) is 23.7. The van der Waals surface area contributed by atoms with E-state index in [2.05, 4.69) is 17.3 Å². The predicted octanol–water partition coefficient (Wildman–Crippen LogP) is 1.74. The van der Waals surface area contributed by atoms with Crippen molar-refractivity contribution >= 4 is 5.91 Å². The summed E-state index contributed by atoms with van der Waals surface area (Å²) in [4.78, 5) is 12.2. The Morgan fingerprint density at radius 2 is 2.22 bits per heavy atom. The van der Waals surface area contributed by atoms with Crippen LogP contribution >= 0.6 is 0 Å². The van der Waals surface area contributed by atoms with Gasteiger partial charge in [0, 0.05) is 19.3 Å². The van der Waals surface area contributed by atoms with Crippen molar-refractivity contribution in [3.05, 3.63) is 11.8 Å². The number of rotatable bonds is 3. The fraction of sp³-hybridized carbons (Fsp3) is 0.692. The zero-order valence-electron chi connectivity index (χ0n) is 11.3. The summed E-state index contributed by atoms with van der Waals surface area (Å²) in [6.45, 7) is 2.20. The molecular weight excluding hydrogens is 230 g/mol. The lowest BCUT2D eigenvalue weighted by Gasteiger charge is -2.29. The molecule has 1 heterocycles. The van der Waals surface area contributed by atoms with Crippen LogP contribution in [0.25, 0.3) is 0 Å². The highest BCUT2D eigenvalue weighted by Gasteiger charge is 2.25. The van der Waals surface area contributed by atoms with Crippen LogP contribution in [-0.4, -0.2) is 28.8 Å². The Balaban J connectivity index is 2.06. The molecule has 0 radical (unpaired) electrons. The molecule has 2 rings (SSSR count). The van der Waals surface area contributed by atoms with Gasteiger partial charge in [-0.05, 0) is 18.8 Å². The first kappa shape index (κ1) is 12.9. The standard InChI is InChI=1S/C13H21N3O2/c1-9-6-4-5-7-11(9)14-12(17)10-8-16(2)15-13(10)18-3/h8-9,11H,4-7H2,1-3H3,(H,14,17). The number of hydrogen-bond donors (Lipinski definition) is 1. The summed E-state index contributed by atoms with van der Waals surface area (Å²) < 4.78 is 6.71. The zero-order valence-corrected chi connectivity index (χ0v) is 11.3. The number of nitrogens with one attached hydrogen (secondary N) is 1. The molecule has 0 saturated heterocycles. The molecule has 2 atom stereocenters. The third-order valence-electron chi connectivity index (χ3n) is 3.66. The van der Waals surface area contributed by atoms with Gasteiger partial charge in [-0.15, -0.1) is 5.10 Å². The van der Waals surface area contributed by atoms with Crippen molar-refractivity contribution in [1.29, 1.82) is 0 Å². The SMILES string of the molecule is COc1nn(C)cc1C(=O)NC1CCCCC1C. The summed E-state index contributed by atoms with van der Waals surface area (Å²) in [5.74, 6) is 0.850. The summed E-state index contributed by atoms with van der Waals surface area (Å²) in [7, 11) is 3.31. The lowest BCUT2D eigenvalue weighted by atomic mass is 9.86. The minimum absolute atomic E-state index is 0.0845. The third-order valence-corrected chi connectivity index (χ3v) is 3.66. The van der Waals surface area contributed by atoms with E-state index in [-0.39, 0.29) is 11.9 Å². The maximum Gasteiger partial charge on any atom is 0.258 e. The van der Waals surface area contributed by atoms with E-state index in [1.807, 2.05) is 0 Å². The van der Waals surface area contributed by atoms with E-state index in [1.54, 1.807) is 17.9 Å². The predicted molar refractivity (Wildman–Crippen MR) is 68.6 cm³/mol. The molecule has 5 heteroatoms. The Kier molecular flexibility index (Phi) is 3.89. The molecule has 5 nitrogen and oxygen atoms in total. The quantitative estimate of drug-likeness (QED) is 0.890. The fourth-order valence-corrected chi connectivity index (χ4v) is 2.55. The molecule has 2 unspecified atom stereocenters. The zero-order chi connectivity index (χ0) is 13.1. The average molecular weight is 251 g/mol. The van der Waals surface area contributed by atoms with Crippen molar-refractivity contribution in [2.24, 2.45) is 13.0 Å². The number of ether oxygens (including phenoxy) is 1. The fourth-order valence-electron chi connectivity index (χ4n) is 2.55. The van der Waals surface area contributed by atoms with Crippen molar-refractivity contribution < 1.29 is 9.53 Å². The molecule has 1 fully saturated rings. The molecule has 1 saturated carbocycles. The van der Waals surface area contributed by atoms with Gasteiger partial charge in [0.1, 0.15) is 5.56 Å². The molecule has 1 amide bonds. The number of methoxy groups -OCH3 is 1. The van der Waals surface area contributed by atoms with E-state index >= 15 is 0 Å². The highest BCUT2D eigenvalue weighted by Crippen LogP contribution is 2.24. The molecule has 1 aliphatic rings. The first-order chi connectivity index (χ1) is 8.61. The summed E-state index contributed by atoms with van der Waals surface area (Å²) in [6, 6.07) is 0.274. The van der Waals surface area contributed by atoms with Crippen molar-refractivity contribution in [2.75, 3.05) is 7.11 Å². The highest BCUT2D eigenvalue weighted by molar-refractivity contribution is 5.96. The van der Waals surface area contributed by atoms with Crippen LogP contribution in [-0.2, 0) is 7.05 Å².